The summed E-state index contributed by atoms with van der Waals surface area (Å²) in [6, 6.07) is -0.748. The lowest BCUT2D eigenvalue weighted by Gasteiger charge is -2.03. The highest BCUT2D eigenvalue weighted by molar-refractivity contribution is 6.01. The Morgan fingerprint density at radius 1 is 1.50 bits per heavy atom. The Labute approximate surface area is 104 Å². The molecule has 0 atom stereocenters. The first-order chi connectivity index (χ1) is 8.52. The van der Waals surface area contributed by atoms with Crippen LogP contribution in [0.5, 0.6) is 0 Å². The van der Waals surface area contributed by atoms with Gasteiger partial charge in [0, 0.05) is 25.4 Å². The molecule has 6 N–H and O–H groups in total. The first-order valence-corrected chi connectivity index (χ1v) is 5.31. The summed E-state index contributed by atoms with van der Waals surface area (Å²) in [5, 5.41) is 9.55. The zero-order valence-electron chi connectivity index (χ0n) is 9.72. The summed E-state index contributed by atoms with van der Waals surface area (Å²) < 4.78 is 0.993. The van der Waals surface area contributed by atoms with Crippen LogP contribution in [0.25, 0.3) is 0 Å². The number of Topliss-reactive ketones (excluding diaryl/α,β-unsaturated/α-hetero) is 1. The van der Waals surface area contributed by atoms with E-state index >= 15 is 0 Å². The van der Waals surface area contributed by atoms with Crippen LogP contribution in [-0.2, 0) is 0 Å². The van der Waals surface area contributed by atoms with Crippen molar-refractivity contribution >= 4 is 17.8 Å². The van der Waals surface area contributed by atoms with Gasteiger partial charge in [0.05, 0.1) is 0 Å². The number of guanidine groups is 1. The van der Waals surface area contributed by atoms with Crippen LogP contribution in [-0.4, -0.2) is 33.9 Å². The van der Waals surface area contributed by atoms with Gasteiger partial charge in [0.25, 0.3) is 0 Å². The number of nitrogens with two attached hydrogens (primary N) is 2. The molecule has 0 saturated carbocycles. The number of carbonyl (C=O) groups is 2. The molecule has 8 heteroatoms. The standard InChI is InChI=1S/C10H15N6O2/c11-9(12)15-4-2-1-3-7(17)8-14-5-6-16(8)10(13)18/h3,5-6H,1-2,4H2,(H2,13,18)(H4,11,12,15). The van der Waals surface area contributed by atoms with E-state index in [-0.39, 0.29) is 17.6 Å². The molecule has 0 aromatic carbocycles. The minimum Gasteiger partial charge on any atom is -0.370 e. The predicted octanol–water partition coefficient (Wildman–Crippen LogP) is -0.540. The van der Waals surface area contributed by atoms with Gasteiger partial charge in [0.15, 0.2) is 11.8 Å². The van der Waals surface area contributed by atoms with Crippen LogP contribution in [0.3, 0.4) is 0 Å². The molecule has 0 fully saturated rings. The molecule has 1 aromatic rings. The average molecular weight is 251 g/mol. The van der Waals surface area contributed by atoms with Crippen molar-refractivity contribution in [3.8, 4) is 0 Å². The van der Waals surface area contributed by atoms with Crippen LogP contribution in [0.2, 0.25) is 0 Å². The fraction of sp³-hybridized carbons (Fsp3) is 0.300. The molecule has 1 heterocycles. The zero-order chi connectivity index (χ0) is 13.5. The lowest BCUT2D eigenvalue weighted by atomic mass is 10.1. The number of primary amides is 1. The van der Waals surface area contributed by atoms with E-state index in [1.165, 1.54) is 18.8 Å². The Kier molecular flexibility index (Phi) is 4.85. The largest absolute Gasteiger partial charge is 0.370 e. The van der Waals surface area contributed by atoms with Crippen molar-refractivity contribution in [3.63, 3.8) is 0 Å². The smallest absolute Gasteiger partial charge is 0.324 e. The summed E-state index contributed by atoms with van der Waals surface area (Å²) in [6.07, 6.45) is 5.22. The minimum atomic E-state index is -0.748. The zero-order valence-corrected chi connectivity index (χ0v) is 9.72. The lowest BCUT2D eigenvalue weighted by molar-refractivity contribution is 0.101. The van der Waals surface area contributed by atoms with E-state index in [0.717, 1.165) is 4.57 Å². The van der Waals surface area contributed by atoms with Gasteiger partial charge in [-0.05, 0) is 12.8 Å². The van der Waals surface area contributed by atoms with Gasteiger partial charge >= 0.3 is 6.03 Å². The third kappa shape index (κ3) is 3.89. The molecule has 1 rings (SSSR count). The lowest BCUT2D eigenvalue weighted by Crippen LogP contribution is -2.31. The molecule has 1 radical (unpaired) electrons. The summed E-state index contributed by atoms with van der Waals surface area (Å²) in [7, 11) is 0. The third-order valence-electron chi connectivity index (χ3n) is 2.12. The molecule has 18 heavy (non-hydrogen) atoms. The topological polar surface area (TPSA) is 140 Å². The summed E-state index contributed by atoms with van der Waals surface area (Å²) in [5.74, 6) is -0.464. The summed E-state index contributed by atoms with van der Waals surface area (Å²) in [4.78, 5) is 26.4. The molecule has 1 amide bonds. The van der Waals surface area contributed by atoms with Gasteiger partial charge < -0.3 is 16.8 Å². The number of carbonyl (C=O) groups excluding carboxylic acids is 2. The molecular formula is C10H15N6O2. The quantitative estimate of drug-likeness (QED) is 0.232. The van der Waals surface area contributed by atoms with Crippen molar-refractivity contribution < 1.29 is 9.59 Å². The van der Waals surface area contributed by atoms with Crippen molar-refractivity contribution in [3.05, 3.63) is 24.6 Å². The molecule has 0 spiro atoms. The number of nitrogens with one attached hydrogen (secondary N) is 2. The Bertz CT molecular complexity index is 453. The molecule has 8 nitrogen and oxygen atoms in total. The molecule has 0 aliphatic heterocycles. The average Bonchev–Trinajstić information content (AvgIpc) is 2.76. The first kappa shape index (κ1) is 13.7. The molecule has 0 unspecified atom stereocenters. The van der Waals surface area contributed by atoms with E-state index in [4.69, 9.17) is 16.9 Å². The van der Waals surface area contributed by atoms with E-state index in [2.05, 4.69) is 10.3 Å². The van der Waals surface area contributed by atoms with Crippen LogP contribution in [0.1, 0.15) is 23.5 Å². The second-order valence-electron chi connectivity index (χ2n) is 3.51. The van der Waals surface area contributed by atoms with Crippen molar-refractivity contribution in [1.29, 1.82) is 5.41 Å². The SMILES string of the molecule is N=C(N)NCCC[CH]C(=O)c1nccn1C(N)=O. The van der Waals surface area contributed by atoms with Crippen LogP contribution in [0.15, 0.2) is 12.4 Å². The van der Waals surface area contributed by atoms with E-state index in [1.54, 1.807) is 0 Å². The minimum absolute atomic E-state index is 0.00188. The maximum absolute atomic E-state index is 11.7. The number of unbranched alkanes of at least 4 members (excludes halogenated alkanes) is 1. The van der Waals surface area contributed by atoms with Crippen molar-refractivity contribution in [2.75, 3.05) is 6.54 Å². The highest BCUT2D eigenvalue weighted by Crippen LogP contribution is 2.04. The number of aromatic nitrogens is 2. The Hall–Kier alpha value is -2.38. The van der Waals surface area contributed by atoms with E-state index in [9.17, 15) is 9.59 Å². The number of hydrogen-bond donors (Lipinski definition) is 4. The normalized spacial score (nSPS) is 10.0. The second kappa shape index (κ2) is 6.38. The van der Waals surface area contributed by atoms with Gasteiger partial charge in [-0.2, -0.15) is 0 Å². The van der Waals surface area contributed by atoms with Crippen molar-refractivity contribution in [2.24, 2.45) is 11.5 Å². The third-order valence-corrected chi connectivity index (χ3v) is 2.12. The van der Waals surface area contributed by atoms with Gasteiger partial charge in [-0.1, -0.05) is 0 Å². The van der Waals surface area contributed by atoms with Gasteiger partial charge in [0.2, 0.25) is 5.78 Å². The summed E-state index contributed by atoms with van der Waals surface area (Å²) in [5.41, 5.74) is 10.2. The van der Waals surface area contributed by atoms with Crippen LogP contribution >= 0.6 is 0 Å². The molecule has 1 aromatic heterocycles. The molecule has 0 aliphatic carbocycles. The monoisotopic (exact) mass is 251 g/mol. The summed E-state index contributed by atoms with van der Waals surface area (Å²) in [6.45, 7) is 0.503. The molecule has 0 aliphatic rings. The van der Waals surface area contributed by atoms with E-state index < -0.39 is 6.03 Å². The maximum atomic E-state index is 11.7. The molecular weight excluding hydrogens is 236 g/mol. The number of ketones is 1. The van der Waals surface area contributed by atoms with Gasteiger partial charge in [-0.25, -0.2) is 14.3 Å². The Morgan fingerprint density at radius 3 is 2.83 bits per heavy atom. The molecule has 0 bridgehead atoms. The Balaban J connectivity index is 2.39. The Morgan fingerprint density at radius 2 is 2.22 bits per heavy atom. The highest BCUT2D eigenvalue weighted by atomic mass is 16.2. The first-order valence-electron chi connectivity index (χ1n) is 5.31. The van der Waals surface area contributed by atoms with Gasteiger partial charge in [-0.15, -0.1) is 0 Å². The second-order valence-corrected chi connectivity index (χ2v) is 3.51. The van der Waals surface area contributed by atoms with E-state index in [0.29, 0.717) is 19.4 Å². The van der Waals surface area contributed by atoms with E-state index in [1.807, 2.05) is 0 Å². The highest BCUT2D eigenvalue weighted by Gasteiger charge is 2.15. The molecule has 97 valence electrons. The molecule has 0 saturated heterocycles. The van der Waals surface area contributed by atoms with Crippen LogP contribution in [0, 0.1) is 11.8 Å². The fourth-order valence-electron chi connectivity index (χ4n) is 1.31. The fourth-order valence-corrected chi connectivity index (χ4v) is 1.31. The number of amides is 1. The summed E-state index contributed by atoms with van der Waals surface area (Å²) >= 11 is 0. The number of nitrogens with zero attached hydrogens (tertiary/aromatic N) is 2. The number of hydrogen-bond acceptors (Lipinski definition) is 4. The van der Waals surface area contributed by atoms with Gasteiger partial charge in [-0.3, -0.25) is 10.2 Å². The van der Waals surface area contributed by atoms with Crippen LogP contribution in [0.4, 0.5) is 4.79 Å². The van der Waals surface area contributed by atoms with Crippen molar-refractivity contribution in [1.82, 2.24) is 14.9 Å². The predicted molar refractivity (Wildman–Crippen MR) is 65.0 cm³/mol. The van der Waals surface area contributed by atoms with Crippen LogP contribution < -0.4 is 16.8 Å². The number of rotatable bonds is 6. The maximum Gasteiger partial charge on any atom is 0.324 e. The number of imidazole rings is 1. The van der Waals surface area contributed by atoms with Crippen molar-refractivity contribution in [2.45, 2.75) is 12.8 Å². The van der Waals surface area contributed by atoms with Gasteiger partial charge in [0.1, 0.15) is 0 Å².